The molecule has 7 heteroatoms. The molecule has 0 aliphatic carbocycles. The predicted octanol–water partition coefficient (Wildman–Crippen LogP) is 4.24. The molecule has 2 N–H and O–H groups in total. The molecule has 2 rings (SSSR count). The minimum absolute atomic E-state index is 0.218. The number of hydrogen-bond donors (Lipinski definition) is 2. The minimum Gasteiger partial charge on any atom is -0.494 e. The second-order valence-corrected chi connectivity index (χ2v) is 7.21. The van der Waals surface area contributed by atoms with Gasteiger partial charge in [-0.15, -0.1) is 0 Å². The third kappa shape index (κ3) is 8.13. The van der Waals surface area contributed by atoms with Crippen LogP contribution in [0.25, 0.3) is 0 Å². The van der Waals surface area contributed by atoms with E-state index in [2.05, 4.69) is 10.6 Å². The van der Waals surface area contributed by atoms with E-state index >= 15 is 0 Å². The summed E-state index contributed by atoms with van der Waals surface area (Å²) in [6, 6.07) is 13.9. The number of hydrogen-bond acceptors (Lipinski definition) is 5. The van der Waals surface area contributed by atoms with Crippen molar-refractivity contribution >= 4 is 17.7 Å². The number of anilines is 1. The smallest absolute Gasteiger partial charge is 0.412 e. The highest BCUT2D eigenvalue weighted by atomic mass is 16.6. The maximum Gasteiger partial charge on any atom is 0.412 e. The van der Waals surface area contributed by atoms with E-state index in [0.717, 1.165) is 5.75 Å². The van der Waals surface area contributed by atoms with Gasteiger partial charge in [0.25, 0.3) is 5.91 Å². The van der Waals surface area contributed by atoms with Gasteiger partial charge in [0.1, 0.15) is 23.7 Å². The lowest BCUT2D eigenvalue weighted by Crippen LogP contribution is -2.28. The third-order valence-electron chi connectivity index (χ3n) is 3.58. The molecule has 2 amide bonds. The number of nitrogens with one attached hydrogen (secondary N) is 2. The lowest BCUT2D eigenvalue weighted by Gasteiger charge is -2.19. The van der Waals surface area contributed by atoms with Crippen molar-refractivity contribution < 1.29 is 23.8 Å². The van der Waals surface area contributed by atoms with Crippen LogP contribution < -0.4 is 20.1 Å². The molecule has 2 aromatic rings. The van der Waals surface area contributed by atoms with Crippen molar-refractivity contribution in [2.24, 2.45) is 0 Å². The van der Waals surface area contributed by atoms with Gasteiger partial charge < -0.3 is 19.5 Å². The molecule has 0 heterocycles. The first-order valence-electron chi connectivity index (χ1n) is 9.51. The highest BCUT2D eigenvalue weighted by Gasteiger charge is 2.16. The van der Waals surface area contributed by atoms with E-state index < -0.39 is 11.7 Å². The van der Waals surface area contributed by atoms with Gasteiger partial charge in [-0.25, -0.2) is 4.79 Å². The minimum atomic E-state index is -0.572. The summed E-state index contributed by atoms with van der Waals surface area (Å²) in [5, 5.41) is 5.42. The van der Waals surface area contributed by atoms with E-state index in [-0.39, 0.29) is 5.91 Å². The van der Waals surface area contributed by atoms with Crippen LogP contribution in [-0.4, -0.2) is 37.4 Å². The third-order valence-corrected chi connectivity index (χ3v) is 3.58. The first kappa shape index (κ1) is 22.1. The van der Waals surface area contributed by atoms with Crippen molar-refractivity contribution in [3.05, 3.63) is 54.1 Å². The topological polar surface area (TPSA) is 85.9 Å². The van der Waals surface area contributed by atoms with E-state index in [1.807, 2.05) is 31.2 Å². The summed E-state index contributed by atoms with van der Waals surface area (Å²) < 4.78 is 16.2. The Morgan fingerprint density at radius 2 is 1.48 bits per heavy atom. The number of ether oxygens (including phenoxy) is 3. The first-order chi connectivity index (χ1) is 13.8. The Kier molecular flexibility index (Phi) is 7.88. The van der Waals surface area contributed by atoms with Crippen molar-refractivity contribution in [1.29, 1.82) is 0 Å². The van der Waals surface area contributed by atoms with E-state index in [0.29, 0.717) is 36.8 Å². The van der Waals surface area contributed by atoms with Crippen molar-refractivity contribution in [3.8, 4) is 11.5 Å². The standard InChI is InChI=1S/C22H28N2O5/c1-5-27-18-10-12-19(13-11-18)28-15-14-23-20(25)16-6-8-17(9-7-16)24-21(26)29-22(2,3)4/h6-13H,5,14-15H2,1-4H3,(H,23,25)(H,24,26). The summed E-state index contributed by atoms with van der Waals surface area (Å²) in [7, 11) is 0. The average Bonchev–Trinajstić information content (AvgIpc) is 2.65. The molecule has 2 aromatic carbocycles. The van der Waals surface area contributed by atoms with Gasteiger partial charge in [-0.3, -0.25) is 10.1 Å². The molecule has 0 unspecified atom stereocenters. The summed E-state index contributed by atoms with van der Waals surface area (Å²) in [5.41, 5.74) is 0.465. The molecule has 0 radical (unpaired) electrons. The summed E-state index contributed by atoms with van der Waals surface area (Å²) in [6.07, 6.45) is -0.541. The molecule has 0 aliphatic heterocycles. The van der Waals surface area contributed by atoms with E-state index in [4.69, 9.17) is 14.2 Å². The molecule has 0 fully saturated rings. The van der Waals surface area contributed by atoms with Crippen LogP contribution in [0.4, 0.5) is 10.5 Å². The first-order valence-corrected chi connectivity index (χ1v) is 9.51. The van der Waals surface area contributed by atoms with Crippen LogP contribution in [-0.2, 0) is 4.74 Å². The van der Waals surface area contributed by atoms with E-state index in [9.17, 15) is 9.59 Å². The molecule has 0 aromatic heterocycles. The zero-order chi connectivity index (χ0) is 21.3. The van der Waals surface area contributed by atoms with Crippen molar-refractivity contribution in [2.75, 3.05) is 25.1 Å². The van der Waals surface area contributed by atoms with Crippen LogP contribution in [0.5, 0.6) is 11.5 Å². The Bertz CT molecular complexity index is 795. The molecular formula is C22H28N2O5. The summed E-state index contributed by atoms with van der Waals surface area (Å²) in [5.74, 6) is 1.28. The fourth-order valence-corrected chi connectivity index (χ4v) is 2.36. The van der Waals surface area contributed by atoms with Gasteiger partial charge in [0.05, 0.1) is 13.2 Å². The van der Waals surface area contributed by atoms with Crippen LogP contribution in [0.2, 0.25) is 0 Å². The van der Waals surface area contributed by atoms with Gasteiger partial charge in [-0.2, -0.15) is 0 Å². The zero-order valence-corrected chi connectivity index (χ0v) is 17.3. The Labute approximate surface area is 171 Å². The molecule has 0 atom stereocenters. The normalized spacial score (nSPS) is 10.8. The SMILES string of the molecule is CCOc1ccc(OCCNC(=O)c2ccc(NC(=O)OC(C)(C)C)cc2)cc1. The number of carbonyl (C=O) groups is 2. The van der Waals surface area contributed by atoms with Gasteiger partial charge in [0, 0.05) is 11.3 Å². The lowest BCUT2D eigenvalue weighted by molar-refractivity contribution is 0.0635. The van der Waals surface area contributed by atoms with Crippen LogP contribution in [0.1, 0.15) is 38.1 Å². The fourth-order valence-electron chi connectivity index (χ4n) is 2.36. The van der Waals surface area contributed by atoms with E-state index in [1.165, 1.54) is 0 Å². The predicted molar refractivity (Wildman–Crippen MR) is 112 cm³/mol. The Balaban J connectivity index is 1.74. The largest absolute Gasteiger partial charge is 0.494 e. The van der Waals surface area contributed by atoms with Crippen LogP contribution >= 0.6 is 0 Å². The Hall–Kier alpha value is -3.22. The van der Waals surface area contributed by atoms with Crippen LogP contribution in [0, 0.1) is 0 Å². The van der Waals surface area contributed by atoms with Crippen molar-refractivity contribution in [3.63, 3.8) is 0 Å². The maximum atomic E-state index is 12.2. The van der Waals surface area contributed by atoms with Crippen LogP contribution in [0.15, 0.2) is 48.5 Å². The monoisotopic (exact) mass is 400 g/mol. The summed E-state index contributed by atoms with van der Waals surface area (Å²) >= 11 is 0. The second-order valence-electron chi connectivity index (χ2n) is 7.21. The zero-order valence-electron chi connectivity index (χ0n) is 17.3. The molecule has 0 aliphatic rings. The summed E-state index contributed by atoms with van der Waals surface area (Å²) in [4.78, 5) is 24.0. The lowest BCUT2D eigenvalue weighted by atomic mass is 10.2. The number of rotatable bonds is 8. The molecule has 7 nitrogen and oxygen atoms in total. The second kappa shape index (κ2) is 10.4. The van der Waals surface area contributed by atoms with Crippen LogP contribution in [0.3, 0.4) is 0 Å². The highest BCUT2D eigenvalue weighted by molar-refractivity contribution is 5.95. The summed E-state index contributed by atoms with van der Waals surface area (Å²) in [6.45, 7) is 8.63. The highest BCUT2D eigenvalue weighted by Crippen LogP contribution is 2.17. The van der Waals surface area contributed by atoms with Crippen molar-refractivity contribution in [2.45, 2.75) is 33.3 Å². The fraction of sp³-hybridized carbons (Fsp3) is 0.364. The van der Waals surface area contributed by atoms with E-state index in [1.54, 1.807) is 45.0 Å². The maximum absolute atomic E-state index is 12.2. The van der Waals surface area contributed by atoms with Gasteiger partial charge in [-0.05, 0) is 76.2 Å². The molecule has 156 valence electrons. The number of carbonyl (C=O) groups excluding carboxylic acids is 2. The quantitative estimate of drug-likeness (QED) is 0.647. The Morgan fingerprint density at radius 3 is 2.03 bits per heavy atom. The number of amides is 2. The van der Waals surface area contributed by atoms with Gasteiger partial charge in [0.15, 0.2) is 0 Å². The van der Waals surface area contributed by atoms with Gasteiger partial charge >= 0.3 is 6.09 Å². The molecule has 0 spiro atoms. The molecular weight excluding hydrogens is 372 g/mol. The van der Waals surface area contributed by atoms with Gasteiger partial charge in [0.2, 0.25) is 0 Å². The average molecular weight is 400 g/mol. The van der Waals surface area contributed by atoms with Crippen molar-refractivity contribution in [1.82, 2.24) is 5.32 Å². The molecule has 29 heavy (non-hydrogen) atoms. The Morgan fingerprint density at radius 1 is 0.897 bits per heavy atom. The van der Waals surface area contributed by atoms with Gasteiger partial charge in [-0.1, -0.05) is 0 Å². The molecule has 0 saturated carbocycles. The molecule has 0 bridgehead atoms. The number of benzene rings is 2. The molecule has 0 saturated heterocycles.